The molecule has 3 saturated heterocycles. The average Bonchev–Trinajstić information content (AvgIpc) is 3.26. The smallest absolute Gasteiger partial charge is 0.246 e. The second-order valence-corrected chi connectivity index (χ2v) is 11.3. The third-order valence-electron chi connectivity index (χ3n) is 8.19. The number of likely N-dealkylation sites (tertiary alicyclic amines) is 2. The first-order valence-electron chi connectivity index (χ1n) is 14.2. The molecule has 3 N–H and O–H groups in total. The summed E-state index contributed by atoms with van der Waals surface area (Å²) in [5.74, 6) is 8.25. The summed E-state index contributed by atoms with van der Waals surface area (Å²) in [6.45, 7) is 11.5. The molecule has 41 heavy (non-hydrogen) atoms. The number of ether oxygens (including phenoxy) is 2. The minimum absolute atomic E-state index is 0.0295. The van der Waals surface area contributed by atoms with Crippen molar-refractivity contribution in [2.75, 3.05) is 45.1 Å². The number of benzene rings is 1. The first kappa shape index (κ1) is 27.3. The van der Waals surface area contributed by atoms with Crippen LogP contribution in [-0.4, -0.2) is 93.0 Å². The van der Waals surface area contributed by atoms with Gasteiger partial charge >= 0.3 is 0 Å². The van der Waals surface area contributed by atoms with Crippen molar-refractivity contribution in [2.24, 2.45) is 5.92 Å². The van der Waals surface area contributed by atoms with E-state index in [9.17, 15) is 9.90 Å². The van der Waals surface area contributed by atoms with Crippen LogP contribution in [-0.2, 0) is 9.53 Å². The van der Waals surface area contributed by atoms with Crippen LogP contribution in [0.3, 0.4) is 0 Å². The van der Waals surface area contributed by atoms with Crippen molar-refractivity contribution in [1.82, 2.24) is 24.3 Å². The maximum atomic E-state index is 11.9. The van der Waals surface area contributed by atoms with Gasteiger partial charge in [-0.15, -0.1) is 0 Å². The van der Waals surface area contributed by atoms with Gasteiger partial charge in [-0.1, -0.05) is 24.6 Å². The third-order valence-corrected chi connectivity index (χ3v) is 8.19. The summed E-state index contributed by atoms with van der Waals surface area (Å²) in [5.41, 5.74) is 9.94. The molecule has 0 aliphatic carbocycles. The minimum Gasteiger partial charge on any atom is -0.486 e. The number of β-amino-alcohol motifs (C(OH)–C–C–N with tert-alkyl or cyclic N) is 1. The fraction of sp³-hybridized carbons (Fsp3) is 0.452. The molecule has 3 aliphatic rings. The van der Waals surface area contributed by atoms with Crippen molar-refractivity contribution in [3.63, 3.8) is 0 Å². The van der Waals surface area contributed by atoms with E-state index in [1.807, 2.05) is 24.3 Å². The van der Waals surface area contributed by atoms with Gasteiger partial charge in [-0.25, -0.2) is 9.97 Å². The number of carbonyl (C=O) groups is 1. The number of hydrogen-bond donors (Lipinski definition) is 2. The van der Waals surface area contributed by atoms with Gasteiger partial charge in [-0.05, 0) is 50.0 Å². The topological polar surface area (TPSA) is 119 Å². The molecule has 10 nitrogen and oxygen atoms in total. The van der Waals surface area contributed by atoms with E-state index in [0.717, 1.165) is 53.1 Å². The van der Waals surface area contributed by atoms with E-state index in [4.69, 9.17) is 15.2 Å². The molecule has 3 aromatic rings. The number of nitrogens with zero attached hydrogens (tertiary/aromatic N) is 5. The molecule has 5 heterocycles. The lowest BCUT2D eigenvalue weighted by Crippen LogP contribution is -2.61. The molecule has 3 fully saturated rings. The number of aromatic nitrogens is 3. The molecule has 0 unspecified atom stereocenters. The monoisotopic (exact) mass is 556 g/mol. The van der Waals surface area contributed by atoms with E-state index >= 15 is 0 Å². The van der Waals surface area contributed by atoms with Crippen molar-refractivity contribution < 1.29 is 19.4 Å². The van der Waals surface area contributed by atoms with Crippen molar-refractivity contribution in [2.45, 2.75) is 44.6 Å². The van der Waals surface area contributed by atoms with Gasteiger partial charge in [0.15, 0.2) is 0 Å². The number of rotatable bonds is 6. The van der Waals surface area contributed by atoms with Crippen molar-refractivity contribution in [3.05, 3.63) is 48.9 Å². The lowest BCUT2D eigenvalue weighted by molar-refractivity contribution is -0.132. The Hall–Kier alpha value is -3.91. The average molecular weight is 557 g/mol. The summed E-state index contributed by atoms with van der Waals surface area (Å²) >= 11 is 0. The van der Waals surface area contributed by atoms with Crippen LogP contribution in [0.1, 0.15) is 32.0 Å². The van der Waals surface area contributed by atoms with Gasteiger partial charge in [0.05, 0.1) is 24.7 Å². The van der Waals surface area contributed by atoms with Gasteiger partial charge in [0.1, 0.15) is 35.3 Å². The van der Waals surface area contributed by atoms with Crippen LogP contribution < -0.4 is 10.5 Å². The molecule has 2 atom stereocenters. The van der Waals surface area contributed by atoms with Gasteiger partial charge in [0, 0.05) is 49.7 Å². The summed E-state index contributed by atoms with van der Waals surface area (Å²) in [7, 11) is 0. The predicted octanol–water partition coefficient (Wildman–Crippen LogP) is 2.47. The van der Waals surface area contributed by atoms with Crippen LogP contribution in [0.5, 0.6) is 5.75 Å². The summed E-state index contributed by atoms with van der Waals surface area (Å²) in [4.78, 5) is 24.8. The Kier molecular flexibility index (Phi) is 7.43. The number of fused-ring (bicyclic) bond motifs is 1. The van der Waals surface area contributed by atoms with Crippen LogP contribution in [0, 0.1) is 17.8 Å². The summed E-state index contributed by atoms with van der Waals surface area (Å²) < 4.78 is 13.3. The van der Waals surface area contributed by atoms with Crippen LogP contribution in [0.15, 0.2) is 43.2 Å². The quantitative estimate of drug-likeness (QED) is 0.351. The normalized spacial score (nSPS) is 21.7. The van der Waals surface area contributed by atoms with Crippen molar-refractivity contribution in [1.29, 1.82) is 0 Å². The molecule has 0 spiro atoms. The van der Waals surface area contributed by atoms with Crippen LogP contribution in [0.2, 0.25) is 0 Å². The lowest BCUT2D eigenvalue weighted by atomic mass is 9.91. The fourth-order valence-electron chi connectivity index (χ4n) is 5.96. The minimum atomic E-state index is -0.582. The Morgan fingerprint density at radius 2 is 1.98 bits per heavy atom. The van der Waals surface area contributed by atoms with E-state index in [1.165, 1.54) is 12.4 Å². The molecule has 0 bridgehead atoms. The molecule has 2 aromatic heterocycles. The first-order chi connectivity index (χ1) is 19.8. The van der Waals surface area contributed by atoms with Crippen molar-refractivity contribution in [3.8, 4) is 28.7 Å². The number of piperidine rings is 1. The largest absolute Gasteiger partial charge is 0.486 e. The van der Waals surface area contributed by atoms with Crippen molar-refractivity contribution >= 4 is 22.8 Å². The van der Waals surface area contributed by atoms with Crippen LogP contribution in [0.25, 0.3) is 22.2 Å². The van der Waals surface area contributed by atoms with E-state index in [0.29, 0.717) is 32.1 Å². The maximum absolute atomic E-state index is 11.9. The number of aliphatic hydroxyl groups excluding tert-OH is 1. The Morgan fingerprint density at radius 1 is 1.22 bits per heavy atom. The number of aliphatic hydroxyl groups is 1. The molecular weight excluding hydrogens is 520 g/mol. The Morgan fingerprint density at radius 3 is 2.61 bits per heavy atom. The SMILES string of the molecule is C=CC(=O)N1CC[C@@H](N2CC(C#Cc3c(-c4ccc(OC5COC5)cc4)c4c(N)ncnc4n3C(C)C)C2)[C@@H](O)C1. The standard InChI is InChI=1S/C31H36N6O4/c1-4-27(39)35-12-11-24(26(38)15-35)36-13-20(14-36)5-10-25-28(21-6-8-22(9-7-21)41-23-16-40-17-23)29-30(32)33-18-34-31(29)37(25)19(2)3/h4,6-9,18-20,23-24,26,38H,1,11-17H2,2-3H3,(H2,32,33,34)/t24-,26+/m1/s1. The second-order valence-electron chi connectivity index (χ2n) is 11.3. The molecule has 214 valence electrons. The molecule has 3 aliphatic heterocycles. The molecule has 1 aromatic carbocycles. The zero-order valence-corrected chi connectivity index (χ0v) is 23.5. The van der Waals surface area contributed by atoms with Gasteiger partial charge in [0.25, 0.3) is 0 Å². The highest BCUT2D eigenvalue weighted by molar-refractivity contribution is 6.03. The molecule has 1 amide bonds. The number of nitrogen functional groups attached to an aromatic ring is 1. The van der Waals surface area contributed by atoms with E-state index in [2.05, 4.69) is 51.7 Å². The predicted molar refractivity (Wildman–Crippen MR) is 156 cm³/mol. The van der Waals surface area contributed by atoms with E-state index in [-0.39, 0.29) is 30.0 Å². The first-order valence-corrected chi connectivity index (χ1v) is 14.2. The molecule has 6 rings (SSSR count). The summed E-state index contributed by atoms with van der Waals surface area (Å²) in [6.07, 6.45) is 3.05. The highest BCUT2D eigenvalue weighted by Gasteiger charge is 2.39. The third kappa shape index (κ3) is 5.17. The highest BCUT2D eigenvalue weighted by Crippen LogP contribution is 2.39. The zero-order valence-electron chi connectivity index (χ0n) is 23.5. The van der Waals surface area contributed by atoms with E-state index in [1.54, 1.807) is 4.90 Å². The zero-order chi connectivity index (χ0) is 28.7. The number of carbonyl (C=O) groups excluding carboxylic acids is 1. The number of anilines is 1. The Balaban J connectivity index is 1.26. The van der Waals surface area contributed by atoms with Gasteiger partial charge in [0.2, 0.25) is 5.91 Å². The van der Waals surface area contributed by atoms with Crippen LogP contribution in [0.4, 0.5) is 5.82 Å². The fourth-order valence-corrected chi connectivity index (χ4v) is 5.96. The second kappa shape index (κ2) is 11.2. The van der Waals surface area contributed by atoms with Gasteiger partial charge in [-0.3, -0.25) is 9.69 Å². The molecule has 0 saturated carbocycles. The highest BCUT2D eigenvalue weighted by atomic mass is 16.6. The lowest BCUT2D eigenvalue weighted by Gasteiger charge is -2.47. The van der Waals surface area contributed by atoms with Crippen LogP contribution >= 0.6 is 0 Å². The number of amides is 1. The Labute approximate surface area is 239 Å². The Bertz CT molecular complexity index is 1510. The number of hydrogen-bond acceptors (Lipinski definition) is 8. The molecule has 0 radical (unpaired) electrons. The summed E-state index contributed by atoms with van der Waals surface area (Å²) in [5, 5.41) is 11.5. The summed E-state index contributed by atoms with van der Waals surface area (Å²) in [6, 6.07) is 8.12. The van der Waals surface area contributed by atoms with Gasteiger partial charge < -0.3 is 29.8 Å². The van der Waals surface area contributed by atoms with Gasteiger partial charge in [-0.2, -0.15) is 0 Å². The maximum Gasteiger partial charge on any atom is 0.246 e. The molecular formula is C31H36N6O4. The van der Waals surface area contributed by atoms with E-state index < -0.39 is 6.10 Å². The molecule has 10 heteroatoms. The number of nitrogens with two attached hydrogens (primary N) is 1.